The molecule has 1 aliphatic rings. The van der Waals surface area contributed by atoms with Crippen molar-refractivity contribution in [3.05, 3.63) is 24.3 Å². The molecule has 0 saturated carbocycles. The molecule has 2 N–H and O–H groups in total. The lowest BCUT2D eigenvalue weighted by Gasteiger charge is -2.28. The van der Waals surface area contributed by atoms with E-state index in [-0.39, 0.29) is 10.9 Å². The van der Waals surface area contributed by atoms with Gasteiger partial charge in [0, 0.05) is 6.04 Å². The second-order valence-corrected chi connectivity index (χ2v) is 8.41. The minimum Gasteiger partial charge on any atom is -0.493 e. The van der Waals surface area contributed by atoms with Gasteiger partial charge in [0.25, 0.3) is 0 Å². The predicted octanol–water partition coefficient (Wildman–Crippen LogP) is 2.39. The number of piperidine rings is 1. The van der Waals surface area contributed by atoms with E-state index in [1.54, 1.807) is 24.3 Å². The van der Waals surface area contributed by atoms with Gasteiger partial charge in [0.15, 0.2) is 0 Å². The Balaban J connectivity index is 1.98. The fourth-order valence-electron chi connectivity index (χ4n) is 2.69. The van der Waals surface area contributed by atoms with Gasteiger partial charge < -0.3 is 10.1 Å². The first-order valence-electron chi connectivity index (χ1n) is 8.34. The molecule has 1 aromatic rings. The standard InChI is InChI=1S/C17H28N2O3S/c1-13(2)12-22-16-6-8-17(9-7-16)23(20,21)19-14(3)15-5-4-10-18-11-15/h6-9,13-15,18-19H,4-5,10-12H2,1-3H3. The summed E-state index contributed by atoms with van der Waals surface area (Å²) in [7, 11) is -3.49. The lowest BCUT2D eigenvalue weighted by molar-refractivity contribution is 0.271. The normalized spacial score (nSPS) is 20.4. The summed E-state index contributed by atoms with van der Waals surface area (Å²) in [5.41, 5.74) is 0. The summed E-state index contributed by atoms with van der Waals surface area (Å²) in [5, 5.41) is 3.32. The van der Waals surface area contributed by atoms with Crippen LogP contribution in [0.15, 0.2) is 29.2 Å². The quantitative estimate of drug-likeness (QED) is 0.800. The van der Waals surface area contributed by atoms with E-state index in [2.05, 4.69) is 23.9 Å². The monoisotopic (exact) mass is 340 g/mol. The Morgan fingerprint density at radius 2 is 1.96 bits per heavy atom. The summed E-state index contributed by atoms with van der Waals surface area (Å²) in [6.45, 7) is 8.60. The average Bonchev–Trinajstić information content (AvgIpc) is 2.53. The third-order valence-electron chi connectivity index (χ3n) is 4.10. The molecule has 23 heavy (non-hydrogen) atoms. The van der Waals surface area contributed by atoms with Crippen molar-refractivity contribution in [1.29, 1.82) is 0 Å². The fourth-order valence-corrected chi connectivity index (χ4v) is 4.00. The lowest BCUT2D eigenvalue weighted by Crippen LogP contribution is -2.44. The molecular weight excluding hydrogens is 312 g/mol. The summed E-state index contributed by atoms with van der Waals surface area (Å²) in [4.78, 5) is 0.282. The van der Waals surface area contributed by atoms with E-state index in [1.165, 1.54) is 0 Å². The van der Waals surface area contributed by atoms with E-state index >= 15 is 0 Å². The molecule has 1 saturated heterocycles. The van der Waals surface area contributed by atoms with Gasteiger partial charge in [-0.15, -0.1) is 0 Å². The lowest BCUT2D eigenvalue weighted by atomic mass is 9.94. The molecule has 1 aliphatic heterocycles. The minimum atomic E-state index is -3.49. The van der Waals surface area contributed by atoms with Crippen molar-refractivity contribution >= 4 is 10.0 Å². The van der Waals surface area contributed by atoms with Crippen LogP contribution in [-0.2, 0) is 10.0 Å². The largest absolute Gasteiger partial charge is 0.493 e. The number of ether oxygens (including phenoxy) is 1. The molecule has 1 heterocycles. The summed E-state index contributed by atoms with van der Waals surface area (Å²) >= 11 is 0. The molecule has 2 atom stereocenters. The highest BCUT2D eigenvalue weighted by Gasteiger charge is 2.25. The maximum absolute atomic E-state index is 12.5. The number of hydrogen-bond acceptors (Lipinski definition) is 4. The fraction of sp³-hybridized carbons (Fsp3) is 0.647. The minimum absolute atomic E-state index is 0.0790. The molecule has 1 aromatic carbocycles. The smallest absolute Gasteiger partial charge is 0.240 e. The van der Waals surface area contributed by atoms with Crippen molar-refractivity contribution in [3.8, 4) is 5.75 Å². The van der Waals surface area contributed by atoms with Crippen LogP contribution in [0, 0.1) is 11.8 Å². The zero-order valence-corrected chi connectivity index (χ0v) is 15.0. The molecule has 2 rings (SSSR count). The topological polar surface area (TPSA) is 67.4 Å². The van der Waals surface area contributed by atoms with Crippen molar-refractivity contribution in [1.82, 2.24) is 10.0 Å². The summed E-state index contributed by atoms with van der Waals surface area (Å²) in [6.07, 6.45) is 2.15. The third-order valence-corrected chi connectivity index (χ3v) is 5.68. The Morgan fingerprint density at radius 1 is 1.26 bits per heavy atom. The summed E-state index contributed by atoms with van der Waals surface area (Å²) in [6, 6.07) is 6.55. The van der Waals surface area contributed by atoms with Gasteiger partial charge in [-0.1, -0.05) is 13.8 Å². The molecule has 1 fully saturated rings. The first-order valence-corrected chi connectivity index (χ1v) is 9.82. The van der Waals surface area contributed by atoms with Crippen molar-refractivity contribution in [2.75, 3.05) is 19.7 Å². The van der Waals surface area contributed by atoms with Crippen LogP contribution in [0.5, 0.6) is 5.75 Å². The molecule has 130 valence electrons. The van der Waals surface area contributed by atoms with E-state index in [0.717, 1.165) is 25.9 Å². The molecule has 0 aliphatic carbocycles. The SMILES string of the molecule is CC(C)COc1ccc(S(=O)(=O)NC(C)C2CCCNC2)cc1. The molecule has 5 nitrogen and oxygen atoms in total. The van der Waals surface area contributed by atoms with Crippen LogP contribution in [0.4, 0.5) is 0 Å². The third kappa shape index (κ3) is 5.48. The van der Waals surface area contributed by atoms with Crippen LogP contribution in [0.2, 0.25) is 0 Å². The highest BCUT2D eigenvalue weighted by molar-refractivity contribution is 7.89. The first kappa shape index (κ1) is 18.2. The molecule has 2 unspecified atom stereocenters. The van der Waals surface area contributed by atoms with Crippen LogP contribution < -0.4 is 14.8 Å². The Morgan fingerprint density at radius 3 is 2.52 bits per heavy atom. The Hall–Kier alpha value is -1.11. The first-order chi connectivity index (χ1) is 10.9. The van der Waals surface area contributed by atoms with Gasteiger partial charge >= 0.3 is 0 Å². The highest BCUT2D eigenvalue weighted by Crippen LogP contribution is 2.19. The second-order valence-electron chi connectivity index (χ2n) is 6.69. The number of nitrogens with one attached hydrogen (secondary N) is 2. The van der Waals surface area contributed by atoms with Crippen LogP contribution in [-0.4, -0.2) is 34.2 Å². The second kappa shape index (κ2) is 8.13. The van der Waals surface area contributed by atoms with Crippen molar-refractivity contribution < 1.29 is 13.2 Å². The van der Waals surface area contributed by atoms with Gasteiger partial charge in [0.05, 0.1) is 11.5 Å². The Labute approximate surface area is 139 Å². The van der Waals surface area contributed by atoms with Crippen molar-refractivity contribution in [2.24, 2.45) is 11.8 Å². The molecule has 0 spiro atoms. The molecule has 0 bridgehead atoms. The van der Waals surface area contributed by atoms with Crippen molar-refractivity contribution in [3.63, 3.8) is 0 Å². The zero-order valence-electron chi connectivity index (χ0n) is 14.2. The number of sulfonamides is 1. The molecule has 0 radical (unpaired) electrons. The maximum Gasteiger partial charge on any atom is 0.240 e. The maximum atomic E-state index is 12.5. The van der Waals surface area contributed by atoms with E-state index in [4.69, 9.17) is 4.74 Å². The van der Waals surface area contributed by atoms with Crippen LogP contribution >= 0.6 is 0 Å². The average molecular weight is 340 g/mol. The molecule has 6 heteroatoms. The van der Waals surface area contributed by atoms with Crippen LogP contribution in [0.3, 0.4) is 0 Å². The molecular formula is C17H28N2O3S. The number of rotatable bonds is 7. The number of benzene rings is 1. The van der Waals surface area contributed by atoms with Gasteiger partial charge in [-0.05, 0) is 69.0 Å². The van der Waals surface area contributed by atoms with Crippen molar-refractivity contribution in [2.45, 2.75) is 44.6 Å². The summed E-state index contributed by atoms with van der Waals surface area (Å²) < 4.78 is 33.4. The highest BCUT2D eigenvalue weighted by atomic mass is 32.2. The Bertz CT molecular complexity index is 578. The molecule has 0 aromatic heterocycles. The predicted molar refractivity (Wildman–Crippen MR) is 92.2 cm³/mol. The van der Waals surface area contributed by atoms with E-state index in [9.17, 15) is 8.42 Å². The van der Waals surface area contributed by atoms with Gasteiger partial charge in [0.1, 0.15) is 5.75 Å². The van der Waals surface area contributed by atoms with Crippen LogP contribution in [0.25, 0.3) is 0 Å². The van der Waals surface area contributed by atoms with Gasteiger partial charge in [0.2, 0.25) is 10.0 Å². The number of hydrogen-bond donors (Lipinski definition) is 2. The van der Waals surface area contributed by atoms with Gasteiger partial charge in [-0.3, -0.25) is 0 Å². The van der Waals surface area contributed by atoms with E-state index in [0.29, 0.717) is 24.2 Å². The van der Waals surface area contributed by atoms with E-state index < -0.39 is 10.0 Å². The van der Waals surface area contributed by atoms with Gasteiger partial charge in [-0.2, -0.15) is 0 Å². The van der Waals surface area contributed by atoms with Crippen LogP contribution in [0.1, 0.15) is 33.6 Å². The summed E-state index contributed by atoms with van der Waals surface area (Å²) in [5.74, 6) is 1.47. The van der Waals surface area contributed by atoms with E-state index in [1.807, 2.05) is 6.92 Å². The molecule has 0 amide bonds. The van der Waals surface area contributed by atoms with Gasteiger partial charge in [-0.25, -0.2) is 13.1 Å². The Kier molecular flexibility index (Phi) is 6.44. The zero-order chi connectivity index (χ0) is 16.9.